The van der Waals surface area contributed by atoms with Gasteiger partial charge in [0.2, 0.25) is 0 Å². The van der Waals surface area contributed by atoms with Crippen LogP contribution in [0.3, 0.4) is 0 Å². The zero-order valence-electron chi connectivity index (χ0n) is 15.4. The van der Waals surface area contributed by atoms with E-state index >= 15 is 0 Å². The molecule has 2 aromatic rings. The van der Waals surface area contributed by atoms with E-state index in [0.29, 0.717) is 30.2 Å². The molecule has 0 atom stereocenters. The number of amides is 3. The summed E-state index contributed by atoms with van der Waals surface area (Å²) in [6, 6.07) is 10.7. The van der Waals surface area contributed by atoms with E-state index in [1.54, 1.807) is 24.4 Å². The molecular weight excluding hydrogens is 364 g/mol. The number of pyridine rings is 1. The molecule has 0 bridgehead atoms. The average molecular weight is 389 g/mol. The van der Waals surface area contributed by atoms with Crippen molar-refractivity contribution < 1.29 is 9.59 Å². The molecule has 0 radical (unpaired) electrons. The molecule has 1 aromatic heterocycles. The SMILES string of the molecule is Cc1ccc(C(=O)NCCCCCNC(=O)NCc2ccc(Cl)cc2)cn1. The molecule has 0 spiro atoms. The Morgan fingerprint density at radius 2 is 1.63 bits per heavy atom. The monoisotopic (exact) mass is 388 g/mol. The Morgan fingerprint density at radius 3 is 2.30 bits per heavy atom. The number of carbonyl (C=O) groups is 2. The van der Waals surface area contributed by atoms with Gasteiger partial charge in [0, 0.05) is 36.5 Å². The summed E-state index contributed by atoms with van der Waals surface area (Å²) in [5.74, 6) is -0.109. The lowest BCUT2D eigenvalue weighted by molar-refractivity contribution is 0.0952. The van der Waals surface area contributed by atoms with E-state index in [4.69, 9.17) is 11.6 Å². The van der Waals surface area contributed by atoms with Gasteiger partial charge in [0.25, 0.3) is 5.91 Å². The normalized spacial score (nSPS) is 10.3. The summed E-state index contributed by atoms with van der Waals surface area (Å²) in [7, 11) is 0. The molecule has 0 saturated heterocycles. The first-order valence-corrected chi connectivity index (χ1v) is 9.39. The van der Waals surface area contributed by atoms with Crippen LogP contribution in [0.15, 0.2) is 42.6 Å². The van der Waals surface area contributed by atoms with Crippen LogP contribution in [0.1, 0.15) is 40.9 Å². The van der Waals surface area contributed by atoms with Crippen molar-refractivity contribution in [2.24, 2.45) is 0 Å². The molecule has 6 nitrogen and oxygen atoms in total. The highest BCUT2D eigenvalue weighted by Gasteiger charge is 2.04. The molecule has 3 N–H and O–H groups in total. The number of nitrogens with one attached hydrogen (secondary N) is 3. The van der Waals surface area contributed by atoms with Crippen LogP contribution in [0.4, 0.5) is 4.79 Å². The third-order valence-electron chi connectivity index (χ3n) is 3.96. The van der Waals surface area contributed by atoms with E-state index < -0.39 is 0 Å². The molecule has 0 unspecified atom stereocenters. The van der Waals surface area contributed by atoms with Crippen LogP contribution >= 0.6 is 11.6 Å². The molecule has 1 heterocycles. The Morgan fingerprint density at radius 1 is 0.926 bits per heavy atom. The lowest BCUT2D eigenvalue weighted by atomic mass is 10.2. The Hall–Kier alpha value is -2.60. The average Bonchev–Trinajstić information content (AvgIpc) is 2.67. The summed E-state index contributed by atoms with van der Waals surface area (Å²) in [6.45, 7) is 3.55. The Balaban J connectivity index is 1.49. The lowest BCUT2D eigenvalue weighted by Crippen LogP contribution is -2.35. The van der Waals surface area contributed by atoms with Crippen molar-refractivity contribution in [3.63, 3.8) is 0 Å². The van der Waals surface area contributed by atoms with Crippen molar-refractivity contribution in [1.29, 1.82) is 0 Å². The van der Waals surface area contributed by atoms with Crippen molar-refractivity contribution in [3.8, 4) is 0 Å². The number of benzene rings is 1. The fraction of sp³-hybridized carbons (Fsp3) is 0.350. The first-order valence-electron chi connectivity index (χ1n) is 9.01. The van der Waals surface area contributed by atoms with Crippen LogP contribution in [-0.2, 0) is 6.54 Å². The van der Waals surface area contributed by atoms with Crippen molar-refractivity contribution >= 4 is 23.5 Å². The summed E-state index contributed by atoms with van der Waals surface area (Å²) in [5, 5.41) is 9.17. The van der Waals surface area contributed by atoms with Gasteiger partial charge in [-0.15, -0.1) is 0 Å². The highest BCUT2D eigenvalue weighted by Crippen LogP contribution is 2.09. The Bertz CT molecular complexity index is 733. The third kappa shape index (κ3) is 8.09. The lowest BCUT2D eigenvalue weighted by Gasteiger charge is -2.08. The van der Waals surface area contributed by atoms with Gasteiger partial charge >= 0.3 is 6.03 Å². The van der Waals surface area contributed by atoms with E-state index in [-0.39, 0.29) is 11.9 Å². The predicted molar refractivity (Wildman–Crippen MR) is 107 cm³/mol. The number of carbonyl (C=O) groups excluding carboxylic acids is 2. The van der Waals surface area contributed by atoms with E-state index in [9.17, 15) is 9.59 Å². The molecular formula is C20H25ClN4O2. The Kier molecular flexibility index (Phi) is 8.58. The maximum atomic E-state index is 11.9. The predicted octanol–water partition coefficient (Wildman–Crippen LogP) is 3.44. The number of hydrogen-bond acceptors (Lipinski definition) is 3. The quantitative estimate of drug-likeness (QED) is 0.575. The van der Waals surface area contributed by atoms with Gasteiger partial charge in [-0.25, -0.2) is 4.79 Å². The van der Waals surface area contributed by atoms with Gasteiger partial charge in [-0.1, -0.05) is 23.7 Å². The molecule has 3 amide bonds. The standard InChI is InChI=1S/C20H25ClN4O2/c1-15-5-8-17(14-24-15)19(26)22-11-3-2-4-12-23-20(27)25-13-16-6-9-18(21)10-7-16/h5-10,14H,2-4,11-13H2,1H3,(H,22,26)(H2,23,25,27). The van der Waals surface area contributed by atoms with Gasteiger partial charge in [-0.3, -0.25) is 9.78 Å². The molecule has 0 aliphatic heterocycles. The second kappa shape index (κ2) is 11.2. The molecule has 7 heteroatoms. The molecule has 1 aromatic carbocycles. The summed E-state index contributed by atoms with van der Waals surface area (Å²) in [4.78, 5) is 27.8. The minimum atomic E-state index is -0.190. The minimum absolute atomic E-state index is 0.109. The fourth-order valence-corrected chi connectivity index (χ4v) is 2.51. The highest BCUT2D eigenvalue weighted by atomic mass is 35.5. The molecule has 27 heavy (non-hydrogen) atoms. The maximum absolute atomic E-state index is 11.9. The summed E-state index contributed by atoms with van der Waals surface area (Å²) < 4.78 is 0. The van der Waals surface area contributed by atoms with Gasteiger partial charge in [0.05, 0.1) is 5.56 Å². The number of nitrogens with zero attached hydrogens (tertiary/aromatic N) is 1. The van der Waals surface area contributed by atoms with E-state index in [0.717, 1.165) is 30.5 Å². The van der Waals surface area contributed by atoms with Crippen molar-refractivity contribution in [2.75, 3.05) is 13.1 Å². The number of halogens is 1. The van der Waals surface area contributed by atoms with Crippen LogP contribution in [0.25, 0.3) is 0 Å². The smallest absolute Gasteiger partial charge is 0.315 e. The van der Waals surface area contributed by atoms with E-state index in [2.05, 4.69) is 20.9 Å². The van der Waals surface area contributed by atoms with Crippen molar-refractivity contribution in [2.45, 2.75) is 32.7 Å². The molecule has 0 fully saturated rings. The third-order valence-corrected chi connectivity index (χ3v) is 4.22. The number of urea groups is 1. The maximum Gasteiger partial charge on any atom is 0.315 e. The molecule has 0 saturated carbocycles. The summed E-state index contributed by atoms with van der Waals surface area (Å²) in [6.07, 6.45) is 4.22. The van der Waals surface area contributed by atoms with Crippen molar-refractivity contribution in [3.05, 3.63) is 64.4 Å². The highest BCUT2D eigenvalue weighted by molar-refractivity contribution is 6.30. The molecule has 0 aliphatic carbocycles. The van der Waals surface area contributed by atoms with Gasteiger partial charge in [0.15, 0.2) is 0 Å². The fourth-order valence-electron chi connectivity index (χ4n) is 2.38. The first kappa shape index (κ1) is 20.7. The number of unbranched alkanes of at least 4 members (excludes halogenated alkanes) is 2. The second-order valence-corrected chi connectivity index (χ2v) is 6.68. The van der Waals surface area contributed by atoms with Crippen LogP contribution in [0.5, 0.6) is 0 Å². The van der Waals surface area contributed by atoms with Gasteiger partial charge in [-0.2, -0.15) is 0 Å². The van der Waals surface area contributed by atoms with E-state index in [1.165, 1.54) is 0 Å². The topological polar surface area (TPSA) is 83.1 Å². The van der Waals surface area contributed by atoms with Crippen LogP contribution in [-0.4, -0.2) is 30.0 Å². The Labute approximate surface area is 164 Å². The summed E-state index contributed by atoms with van der Waals surface area (Å²) in [5.41, 5.74) is 2.45. The zero-order valence-corrected chi connectivity index (χ0v) is 16.2. The zero-order chi connectivity index (χ0) is 19.5. The van der Waals surface area contributed by atoms with E-state index in [1.807, 2.05) is 25.1 Å². The second-order valence-electron chi connectivity index (χ2n) is 6.24. The number of aromatic nitrogens is 1. The van der Waals surface area contributed by atoms with Crippen LogP contribution in [0.2, 0.25) is 5.02 Å². The summed E-state index contributed by atoms with van der Waals surface area (Å²) >= 11 is 5.82. The van der Waals surface area contributed by atoms with Gasteiger partial charge in [0.1, 0.15) is 0 Å². The van der Waals surface area contributed by atoms with Crippen LogP contribution in [0, 0.1) is 6.92 Å². The largest absolute Gasteiger partial charge is 0.352 e. The van der Waals surface area contributed by atoms with Crippen molar-refractivity contribution in [1.82, 2.24) is 20.9 Å². The van der Waals surface area contributed by atoms with Gasteiger partial charge in [-0.05, 0) is 56.0 Å². The number of hydrogen-bond donors (Lipinski definition) is 3. The first-order chi connectivity index (χ1) is 13.0. The number of rotatable bonds is 9. The molecule has 144 valence electrons. The van der Waals surface area contributed by atoms with Crippen LogP contribution < -0.4 is 16.0 Å². The molecule has 2 rings (SSSR count). The minimum Gasteiger partial charge on any atom is -0.352 e. The number of aryl methyl sites for hydroxylation is 1. The van der Waals surface area contributed by atoms with Gasteiger partial charge < -0.3 is 16.0 Å². The molecule has 0 aliphatic rings.